The number of carbonyl (C=O) groups excluding carboxylic acids is 1. The topological polar surface area (TPSA) is 38.3 Å². The van der Waals surface area contributed by atoms with Crippen LogP contribution < -0.4 is 10.1 Å². The van der Waals surface area contributed by atoms with Gasteiger partial charge in [0.15, 0.2) is 5.78 Å². The Labute approximate surface area is 125 Å². The first kappa shape index (κ1) is 14.9. The number of carbonyl (C=O) groups is 1. The van der Waals surface area contributed by atoms with Crippen LogP contribution in [-0.2, 0) is 0 Å². The summed E-state index contributed by atoms with van der Waals surface area (Å²) in [7, 11) is 1.66. The summed E-state index contributed by atoms with van der Waals surface area (Å²) in [6.07, 6.45) is 4.07. The van der Waals surface area contributed by atoms with E-state index in [4.69, 9.17) is 4.74 Å². The highest BCUT2D eigenvalue weighted by Crippen LogP contribution is 2.14. The average Bonchev–Trinajstić information content (AvgIpc) is 2.52. The van der Waals surface area contributed by atoms with Gasteiger partial charge in [-0.2, -0.15) is 0 Å². The fourth-order valence-electron chi connectivity index (χ4n) is 1.97. The van der Waals surface area contributed by atoms with Crippen LogP contribution in [0.5, 0.6) is 5.75 Å². The van der Waals surface area contributed by atoms with Crippen molar-refractivity contribution in [2.75, 3.05) is 19.0 Å². The molecule has 3 nitrogen and oxygen atoms in total. The molecule has 0 unspecified atom stereocenters. The Morgan fingerprint density at radius 1 is 1.19 bits per heavy atom. The number of nitrogens with one attached hydrogen (secondary N) is 1. The number of hydrogen-bond donors (Lipinski definition) is 1. The van der Waals surface area contributed by atoms with Crippen LogP contribution >= 0.6 is 0 Å². The van der Waals surface area contributed by atoms with Crippen LogP contribution in [0.4, 0.5) is 5.69 Å². The van der Waals surface area contributed by atoms with E-state index >= 15 is 0 Å². The highest BCUT2D eigenvalue weighted by atomic mass is 16.5. The summed E-state index contributed by atoms with van der Waals surface area (Å²) in [5, 5.41) is 3.27. The summed E-state index contributed by atoms with van der Waals surface area (Å²) in [6.45, 7) is 2.26. The van der Waals surface area contributed by atoms with E-state index in [-0.39, 0.29) is 5.78 Å². The van der Waals surface area contributed by atoms with E-state index in [9.17, 15) is 4.79 Å². The Morgan fingerprint density at radius 2 is 2.00 bits per heavy atom. The molecule has 0 aliphatic rings. The lowest BCUT2D eigenvalue weighted by molar-refractivity contribution is 0.101. The molecule has 0 aliphatic heterocycles. The van der Waals surface area contributed by atoms with Crippen LogP contribution in [0.2, 0.25) is 0 Å². The monoisotopic (exact) mass is 281 g/mol. The first-order valence-corrected chi connectivity index (χ1v) is 6.84. The second kappa shape index (κ2) is 7.29. The van der Waals surface area contributed by atoms with Gasteiger partial charge in [0.1, 0.15) is 5.75 Å². The molecule has 2 aromatic rings. The standard InChI is InChI=1S/C18H19NO2/c1-14(20)16-8-4-9-17(13-16)19-11-5-7-15-6-3-10-18(12-15)21-2/h3-10,12-13,19H,11H2,1-2H3/b7-5+. The van der Waals surface area contributed by atoms with E-state index in [1.807, 2.05) is 60.7 Å². The van der Waals surface area contributed by atoms with Crippen LogP contribution in [0.15, 0.2) is 54.6 Å². The van der Waals surface area contributed by atoms with Crippen molar-refractivity contribution in [1.29, 1.82) is 0 Å². The number of anilines is 1. The van der Waals surface area contributed by atoms with Gasteiger partial charge in [-0.05, 0) is 36.8 Å². The van der Waals surface area contributed by atoms with E-state index in [1.54, 1.807) is 14.0 Å². The Hall–Kier alpha value is -2.55. The van der Waals surface area contributed by atoms with Gasteiger partial charge in [-0.15, -0.1) is 0 Å². The molecule has 0 aliphatic carbocycles. The Kier molecular flexibility index (Phi) is 5.16. The predicted molar refractivity (Wildman–Crippen MR) is 87.0 cm³/mol. The van der Waals surface area contributed by atoms with Gasteiger partial charge in [-0.25, -0.2) is 0 Å². The van der Waals surface area contributed by atoms with Crippen molar-refractivity contribution >= 4 is 17.5 Å². The maximum absolute atomic E-state index is 11.3. The Morgan fingerprint density at radius 3 is 2.76 bits per heavy atom. The lowest BCUT2D eigenvalue weighted by Crippen LogP contribution is -2.00. The second-order valence-corrected chi connectivity index (χ2v) is 4.70. The quantitative estimate of drug-likeness (QED) is 0.813. The van der Waals surface area contributed by atoms with Gasteiger partial charge in [0, 0.05) is 17.8 Å². The minimum absolute atomic E-state index is 0.0746. The summed E-state index contributed by atoms with van der Waals surface area (Å²) < 4.78 is 5.18. The lowest BCUT2D eigenvalue weighted by atomic mass is 10.1. The fraction of sp³-hybridized carbons (Fsp3) is 0.167. The molecule has 2 aromatic carbocycles. The summed E-state index contributed by atoms with van der Waals surface area (Å²) in [6, 6.07) is 15.4. The molecule has 1 N–H and O–H groups in total. The van der Waals surface area contributed by atoms with Crippen LogP contribution in [0, 0.1) is 0 Å². The van der Waals surface area contributed by atoms with Crippen molar-refractivity contribution in [2.45, 2.75) is 6.92 Å². The van der Waals surface area contributed by atoms with E-state index < -0.39 is 0 Å². The summed E-state index contributed by atoms with van der Waals surface area (Å²) in [4.78, 5) is 11.3. The molecule has 0 fully saturated rings. The molecule has 0 spiro atoms. The van der Waals surface area contributed by atoms with Crippen LogP contribution in [-0.4, -0.2) is 19.4 Å². The van der Waals surface area contributed by atoms with Crippen LogP contribution in [0.1, 0.15) is 22.8 Å². The normalized spacial score (nSPS) is 10.6. The Balaban J connectivity index is 1.93. The molecular weight excluding hydrogens is 262 g/mol. The molecule has 0 bridgehead atoms. The third kappa shape index (κ3) is 4.49. The first-order valence-electron chi connectivity index (χ1n) is 6.84. The molecule has 2 rings (SSSR count). The largest absolute Gasteiger partial charge is 0.497 e. The minimum Gasteiger partial charge on any atom is -0.497 e. The van der Waals surface area contributed by atoms with Gasteiger partial charge in [-0.3, -0.25) is 4.79 Å². The predicted octanol–water partition coefficient (Wildman–Crippen LogP) is 4.02. The number of rotatable bonds is 6. The van der Waals surface area contributed by atoms with Crippen molar-refractivity contribution in [3.63, 3.8) is 0 Å². The smallest absolute Gasteiger partial charge is 0.159 e. The third-order valence-corrected chi connectivity index (χ3v) is 3.10. The van der Waals surface area contributed by atoms with E-state index in [1.165, 1.54) is 0 Å². The van der Waals surface area contributed by atoms with E-state index in [0.29, 0.717) is 6.54 Å². The van der Waals surface area contributed by atoms with Crippen molar-refractivity contribution < 1.29 is 9.53 Å². The third-order valence-electron chi connectivity index (χ3n) is 3.10. The SMILES string of the molecule is COc1cccc(/C=C/CNc2cccc(C(C)=O)c2)c1. The fourth-order valence-corrected chi connectivity index (χ4v) is 1.97. The zero-order valence-electron chi connectivity index (χ0n) is 12.3. The number of ketones is 1. The molecule has 0 aromatic heterocycles. The number of ether oxygens (including phenoxy) is 1. The lowest BCUT2D eigenvalue weighted by Gasteiger charge is -2.05. The number of hydrogen-bond acceptors (Lipinski definition) is 3. The van der Waals surface area contributed by atoms with E-state index in [2.05, 4.69) is 5.32 Å². The van der Waals surface area contributed by atoms with Crippen molar-refractivity contribution in [2.24, 2.45) is 0 Å². The van der Waals surface area contributed by atoms with Crippen molar-refractivity contribution in [3.8, 4) is 5.75 Å². The molecule has 0 saturated carbocycles. The molecule has 0 heterocycles. The summed E-state index contributed by atoms with van der Waals surface area (Å²) in [5.41, 5.74) is 2.75. The second-order valence-electron chi connectivity index (χ2n) is 4.70. The summed E-state index contributed by atoms with van der Waals surface area (Å²) in [5.74, 6) is 0.921. The van der Waals surface area contributed by atoms with Crippen LogP contribution in [0.3, 0.4) is 0 Å². The van der Waals surface area contributed by atoms with Gasteiger partial charge < -0.3 is 10.1 Å². The molecule has 0 atom stereocenters. The molecule has 0 saturated heterocycles. The van der Waals surface area contributed by atoms with Gasteiger partial charge in [0.25, 0.3) is 0 Å². The molecule has 21 heavy (non-hydrogen) atoms. The first-order chi connectivity index (χ1) is 10.2. The molecular formula is C18H19NO2. The van der Waals surface area contributed by atoms with Gasteiger partial charge in [0.2, 0.25) is 0 Å². The molecule has 0 radical (unpaired) electrons. The van der Waals surface area contributed by atoms with E-state index in [0.717, 1.165) is 22.6 Å². The zero-order valence-corrected chi connectivity index (χ0v) is 12.3. The van der Waals surface area contributed by atoms with Gasteiger partial charge in [-0.1, -0.05) is 36.4 Å². The van der Waals surface area contributed by atoms with Crippen LogP contribution in [0.25, 0.3) is 6.08 Å². The Bertz CT molecular complexity index is 647. The van der Waals surface area contributed by atoms with Crippen molar-refractivity contribution in [3.05, 3.63) is 65.7 Å². The minimum atomic E-state index is 0.0746. The molecule has 108 valence electrons. The number of benzene rings is 2. The maximum Gasteiger partial charge on any atom is 0.159 e. The highest BCUT2D eigenvalue weighted by molar-refractivity contribution is 5.94. The van der Waals surface area contributed by atoms with Gasteiger partial charge in [0.05, 0.1) is 7.11 Å². The molecule has 3 heteroatoms. The van der Waals surface area contributed by atoms with Crippen molar-refractivity contribution in [1.82, 2.24) is 0 Å². The molecule has 0 amide bonds. The number of methoxy groups -OCH3 is 1. The zero-order chi connectivity index (χ0) is 15.1. The maximum atomic E-state index is 11.3. The highest BCUT2D eigenvalue weighted by Gasteiger charge is 1.99. The summed E-state index contributed by atoms with van der Waals surface area (Å²) >= 11 is 0. The van der Waals surface area contributed by atoms with Gasteiger partial charge >= 0.3 is 0 Å². The number of Topliss-reactive ketones (excluding diaryl/α,β-unsaturated/α-hetero) is 1. The average molecular weight is 281 g/mol.